The third-order valence-corrected chi connectivity index (χ3v) is 5.18. The number of hydrogen-bond acceptors (Lipinski definition) is 5. The zero-order valence-corrected chi connectivity index (χ0v) is 16.0. The summed E-state index contributed by atoms with van der Waals surface area (Å²) in [5.74, 6) is 0.741. The molecule has 0 bridgehead atoms. The van der Waals surface area contributed by atoms with Crippen molar-refractivity contribution in [2.24, 2.45) is 0 Å². The van der Waals surface area contributed by atoms with Gasteiger partial charge in [0, 0.05) is 32.2 Å². The molecule has 1 aliphatic rings. The lowest BCUT2D eigenvalue weighted by Gasteiger charge is -2.26. The van der Waals surface area contributed by atoms with Gasteiger partial charge in [0.25, 0.3) is 0 Å². The van der Waals surface area contributed by atoms with Gasteiger partial charge in [-0.15, -0.1) is 0 Å². The van der Waals surface area contributed by atoms with Gasteiger partial charge < -0.3 is 19.4 Å². The molecule has 0 saturated carbocycles. The van der Waals surface area contributed by atoms with Crippen molar-refractivity contribution in [2.45, 2.75) is 12.8 Å². The van der Waals surface area contributed by atoms with Crippen LogP contribution >= 0.6 is 0 Å². The van der Waals surface area contributed by atoms with E-state index in [-0.39, 0.29) is 5.43 Å². The van der Waals surface area contributed by atoms with Crippen LogP contribution in [0.5, 0.6) is 5.75 Å². The van der Waals surface area contributed by atoms with Crippen LogP contribution in [0, 0.1) is 0 Å². The summed E-state index contributed by atoms with van der Waals surface area (Å²) in [7, 11) is 0. The molecule has 1 fully saturated rings. The summed E-state index contributed by atoms with van der Waals surface area (Å²) >= 11 is 0. The van der Waals surface area contributed by atoms with E-state index in [0.29, 0.717) is 23.1 Å². The zero-order valence-electron chi connectivity index (χ0n) is 16.0. The molecular formula is C23H26N2O3. The Labute approximate surface area is 164 Å². The van der Waals surface area contributed by atoms with E-state index in [1.807, 2.05) is 42.5 Å². The molecule has 4 rings (SSSR count). The van der Waals surface area contributed by atoms with Crippen LogP contribution in [0.25, 0.3) is 22.1 Å². The second-order valence-electron chi connectivity index (χ2n) is 7.15. The Balaban J connectivity index is 1.36. The fraction of sp³-hybridized carbons (Fsp3) is 0.348. The van der Waals surface area contributed by atoms with Crippen molar-refractivity contribution in [3.63, 3.8) is 0 Å². The molecule has 146 valence electrons. The molecule has 28 heavy (non-hydrogen) atoms. The molecule has 0 aliphatic carbocycles. The van der Waals surface area contributed by atoms with E-state index in [2.05, 4.69) is 10.2 Å². The molecule has 1 aromatic heterocycles. The first-order valence-corrected chi connectivity index (χ1v) is 9.98. The van der Waals surface area contributed by atoms with E-state index in [9.17, 15) is 4.79 Å². The third-order valence-electron chi connectivity index (χ3n) is 5.18. The molecular weight excluding hydrogens is 352 g/mol. The summed E-state index contributed by atoms with van der Waals surface area (Å²) in [6.07, 6.45) is 3.68. The lowest BCUT2D eigenvalue weighted by molar-refractivity contribution is 0.226. The quantitative estimate of drug-likeness (QED) is 0.638. The largest absolute Gasteiger partial charge is 0.493 e. The SMILES string of the molecule is O=c1c(-c2ccccc2)coc2cc(OCCCCN3CCNCC3)ccc12. The molecule has 5 heteroatoms. The van der Waals surface area contributed by atoms with E-state index in [0.717, 1.165) is 56.9 Å². The molecule has 2 aromatic carbocycles. The number of rotatable bonds is 7. The van der Waals surface area contributed by atoms with Gasteiger partial charge in [0.15, 0.2) is 5.43 Å². The number of unbranched alkanes of at least 4 members (excludes halogenated alkanes) is 1. The van der Waals surface area contributed by atoms with E-state index in [1.54, 1.807) is 6.07 Å². The second-order valence-corrected chi connectivity index (χ2v) is 7.15. The summed E-state index contributed by atoms with van der Waals surface area (Å²) in [5.41, 5.74) is 1.98. The van der Waals surface area contributed by atoms with Crippen molar-refractivity contribution in [2.75, 3.05) is 39.3 Å². The first-order valence-electron chi connectivity index (χ1n) is 9.98. The van der Waals surface area contributed by atoms with Crippen molar-refractivity contribution in [3.8, 4) is 16.9 Å². The molecule has 0 unspecified atom stereocenters. The van der Waals surface area contributed by atoms with Gasteiger partial charge in [0.2, 0.25) is 0 Å². The minimum Gasteiger partial charge on any atom is -0.493 e. The van der Waals surface area contributed by atoms with Gasteiger partial charge in [-0.2, -0.15) is 0 Å². The Morgan fingerprint density at radius 3 is 2.68 bits per heavy atom. The number of fused-ring (bicyclic) bond motifs is 1. The first kappa shape index (κ1) is 18.7. The monoisotopic (exact) mass is 378 g/mol. The average Bonchev–Trinajstić information content (AvgIpc) is 2.75. The van der Waals surface area contributed by atoms with Gasteiger partial charge in [-0.3, -0.25) is 4.79 Å². The third kappa shape index (κ3) is 4.43. The van der Waals surface area contributed by atoms with Crippen molar-refractivity contribution < 1.29 is 9.15 Å². The maximum absolute atomic E-state index is 12.8. The Bertz CT molecular complexity index is 962. The second kappa shape index (κ2) is 9.04. The normalized spacial score (nSPS) is 15.0. The number of hydrogen-bond donors (Lipinski definition) is 1. The van der Waals surface area contributed by atoms with Gasteiger partial charge in [0.1, 0.15) is 17.6 Å². The highest BCUT2D eigenvalue weighted by Crippen LogP contribution is 2.23. The molecule has 3 aromatic rings. The van der Waals surface area contributed by atoms with Crippen LogP contribution in [-0.4, -0.2) is 44.2 Å². The van der Waals surface area contributed by atoms with Crippen LogP contribution in [0.2, 0.25) is 0 Å². The number of benzene rings is 2. The number of nitrogens with zero attached hydrogens (tertiary/aromatic N) is 1. The Morgan fingerprint density at radius 1 is 1.04 bits per heavy atom. The van der Waals surface area contributed by atoms with Crippen LogP contribution in [0.3, 0.4) is 0 Å². The lowest BCUT2D eigenvalue weighted by Crippen LogP contribution is -2.43. The van der Waals surface area contributed by atoms with Crippen molar-refractivity contribution >= 4 is 11.0 Å². The fourth-order valence-electron chi connectivity index (χ4n) is 3.58. The summed E-state index contributed by atoms with van der Waals surface area (Å²) in [6, 6.07) is 15.0. The summed E-state index contributed by atoms with van der Waals surface area (Å²) in [5, 5.41) is 3.95. The highest BCUT2D eigenvalue weighted by Gasteiger charge is 2.10. The summed E-state index contributed by atoms with van der Waals surface area (Å²) in [4.78, 5) is 15.3. The highest BCUT2D eigenvalue weighted by atomic mass is 16.5. The molecule has 5 nitrogen and oxygen atoms in total. The number of ether oxygens (including phenoxy) is 1. The van der Waals surface area contributed by atoms with Crippen LogP contribution < -0.4 is 15.5 Å². The van der Waals surface area contributed by atoms with Gasteiger partial charge in [-0.25, -0.2) is 0 Å². The minimum atomic E-state index is -0.0185. The van der Waals surface area contributed by atoms with Gasteiger partial charge >= 0.3 is 0 Å². The Morgan fingerprint density at radius 2 is 1.86 bits per heavy atom. The van der Waals surface area contributed by atoms with E-state index in [4.69, 9.17) is 9.15 Å². The van der Waals surface area contributed by atoms with Crippen LogP contribution in [0.4, 0.5) is 0 Å². The smallest absolute Gasteiger partial charge is 0.200 e. The van der Waals surface area contributed by atoms with Crippen molar-refractivity contribution in [1.29, 1.82) is 0 Å². The standard InChI is InChI=1S/C23H26N2O3/c26-23-20-9-8-19(27-15-5-4-12-25-13-10-24-11-14-25)16-22(20)28-17-21(23)18-6-2-1-3-7-18/h1-3,6-9,16-17,24H,4-5,10-15H2. The van der Waals surface area contributed by atoms with Crippen molar-refractivity contribution in [3.05, 3.63) is 65.0 Å². The molecule has 0 spiro atoms. The summed E-state index contributed by atoms with van der Waals surface area (Å²) < 4.78 is 11.6. The molecule has 1 aliphatic heterocycles. The lowest BCUT2D eigenvalue weighted by atomic mass is 10.1. The Kier molecular flexibility index (Phi) is 6.04. The fourth-order valence-corrected chi connectivity index (χ4v) is 3.58. The maximum Gasteiger partial charge on any atom is 0.200 e. The maximum atomic E-state index is 12.8. The molecule has 0 amide bonds. The van der Waals surface area contributed by atoms with E-state index in [1.165, 1.54) is 6.26 Å². The van der Waals surface area contributed by atoms with Gasteiger partial charge in [-0.05, 0) is 37.1 Å². The highest BCUT2D eigenvalue weighted by molar-refractivity contribution is 5.82. The molecule has 1 saturated heterocycles. The Hall–Kier alpha value is -2.63. The minimum absolute atomic E-state index is 0.0185. The van der Waals surface area contributed by atoms with Gasteiger partial charge in [0.05, 0.1) is 17.6 Å². The van der Waals surface area contributed by atoms with Crippen LogP contribution in [0.1, 0.15) is 12.8 Å². The van der Waals surface area contributed by atoms with Crippen LogP contribution in [0.15, 0.2) is 64.0 Å². The molecule has 0 radical (unpaired) electrons. The van der Waals surface area contributed by atoms with Crippen molar-refractivity contribution in [1.82, 2.24) is 10.2 Å². The molecule has 0 atom stereocenters. The van der Waals surface area contributed by atoms with E-state index < -0.39 is 0 Å². The molecule has 2 heterocycles. The predicted molar refractivity (Wildman–Crippen MR) is 112 cm³/mol. The zero-order chi connectivity index (χ0) is 19.2. The van der Waals surface area contributed by atoms with Gasteiger partial charge in [-0.1, -0.05) is 30.3 Å². The van der Waals surface area contributed by atoms with E-state index >= 15 is 0 Å². The number of piperazine rings is 1. The predicted octanol–water partition coefficient (Wildman–Crippen LogP) is 3.52. The van der Waals surface area contributed by atoms with Crippen LogP contribution in [-0.2, 0) is 0 Å². The summed E-state index contributed by atoms with van der Waals surface area (Å²) in [6.45, 7) is 6.24. The number of nitrogens with one attached hydrogen (secondary N) is 1. The average molecular weight is 378 g/mol. The topological polar surface area (TPSA) is 54.7 Å². The first-order chi connectivity index (χ1) is 13.8. The molecule has 1 N–H and O–H groups in total.